The van der Waals surface area contributed by atoms with Crippen LogP contribution in [0.1, 0.15) is 69.7 Å². The van der Waals surface area contributed by atoms with E-state index in [-0.39, 0.29) is 64.1 Å². The molecule has 4 aliphatic rings. The number of carbonyl (C=O) groups is 1. The van der Waals surface area contributed by atoms with Gasteiger partial charge in [-0.1, -0.05) is 11.6 Å². The van der Waals surface area contributed by atoms with Crippen molar-refractivity contribution in [1.82, 2.24) is 24.8 Å². The Kier molecular flexibility index (Phi) is 8.60. The summed E-state index contributed by atoms with van der Waals surface area (Å²) >= 11 is 6.67. The molecule has 4 aliphatic heterocycles. The van der Waals surface area contributed by atoms with Gasteiger partial charge in [-0.05, 0) is 84.5 Å². The lowest BCUT2D eigenvalue weighted by molar-refractivity contribution is -0.137. The fourth-order valence-corrected chi connectivity index (χ4v) is 8.68. The first-order valence-electron chi connectivity index (χ1n) is 17.0. The van der Waals surface area contributed by atoms with Crippen LogP contribution in [-0.2, 0) is 10.9 Å². The van der Waals surface area contributed by atoms with Crippen LogP contribution in [0.25, 0.3) is 22.2 Å². The molecule has 0 saturated carbocycles. The zero-order valence-corrected chi connectivity index (χ0v) is 29.4. The van der Waals surface area contributed by atoms with Crippen molar-refractivity contribution in [1.29, 1.82) is 0 Å². The molecule has 2 bridgehead atoms. The lowest BCUT2D eigenvalue weighted by atomic mass is 9.95. The highest BCUT2D eigenvalue weighted by molar-refractivity contribution is 6.34. The zero-order valence-electron chi connectivity index (χ0n) is 28.6. The van der Waals surface area contributed by atoms with Crippen LogP contribution < -0.4 is 9.64 Å². The van der Waals surface area contributed by atoms with E-state index in [1.165, 1.54) is 26.0 Å². The Balaban J connectivity index is 1.33. The number of piperazine rings is 1. The highest BCUT2D eigenvalue weighted by atomic mass is 35.5. The summed E-state index contributed by atoms with van der Waals surface area (Å²) in [7, 11) is 0. The molecule has 2 unspecified atom stereocenters. The van der Waals surface area contributed by atoms with E-state index in [9.17, 15) is 22.4 Å². The number of anilines is 1. The molecule has 0 spiro atoms. The third-order valence-corrected chi connectivity index (χ3v) is 10.6. The van der Waals surface area contributed by atoms with Gasteiger partial charge in [0.15, 0.2) is 5.82 Å². The van der Waals surface area contributed by atoms with Crippen molar-refractivity contribution in [3.05, 3.63) is 39.8 Å². The van der Waals surface area contributed by atoms with Gasteiger partial charge in [-0.3, -0.25) is 14.8 Å². The Labute approximate surface area is 292 Å². The number of aromatic nitrogens is 3. The molecule has 4 saturated heterocycles. The highest BCUT2D eigenvalue weighted by Crippen LogP contribution is 2.46. The molecular weight excluding hydrogens is 683 g/mol. The molecule has 1 aromatic carbocycles. The Bertz CT molecular complexity index is 1840. The number of nitrogens with zero attached hydrogens (tertiary/aromatic N) is 6. The Hall–Kier alpha value is -3.52. The van der Waals surface area contributed by atoms with Crippen LogP contribution in [0.15, 0.2) is 12.1 Å². The van der Waals surface area contributed by atoms with Crippen LogP contribution in [0.5, 0.6) is 6.01 Å². The van der Waals surface area contributed by atoms with Gasteiger partial charge in [-0.2, -0.15) is 23.1 Å². The minimum Gasteiger partial charge on any atom is -0.461 e. The number of ether oxygens (including phenoxy) is 2. The Morgan fingerprint density at radius 1 is 1.06 bits per heavy atom. The van der Waals surface area contributed by atoms with Gasteiger partial charge in [0.2, 0.25) is 0 Å². The van der Waals surface area contributed by atoms with Crippen molar-refractivity contribution in [3.8, 4) is 17.3 Å². The third kappa shape index (κ3) is 6.20. The largest absolute Gasteiger partial charge is 0.461 e. The number of rotatable bonds is 5. The molecule has 3 aromatic rings. The summed E-state index contributed by atoms with van der Waals surface area (Å²) in [6, 6.07) is 2.02. The molecule has 50 heavy (non-hydrogen) atoms. The zero-order chi connectivity index (χ0) is 35.9. The first-order valence-corrected chi connectivity index (χ1v) is 17.4. The van der Waals surface area contributed by atoms with Gasteiger partial charge in [0.25, 0.3) is 0 Å². The number of pyridine rings is 1. The van der Waals surface area contributed by atoms with E-state index in [1.54, 1.807) is 25.7 Å². The number of fused-ring (bicyclic) bond motifs is 4. The van der Waals surface area contributed by atoms with E-state index in [0.29, 0.717) is 32.5 Å². The topological polar surface area (TPSA) is 83.9 Å². The minimum absolute atomic E-state index is 0.0644. The second kappa shape index (κ2) is 12.3. The molecule has 15 heteroatoms. The molecule has 2 aromatic heterocycles. The predicted octanol–water partition coefficient (Wildman–Crippen LogP) is 7.66. The number of benzene rings is 1. The summed E-state index contributed by atoms with van der Waals surface area (Å²) < 4.78 is 86.5. The maximum absolute atomic E-state index is 16.9. The van der Waals surface area contributed by atoms with Crippen LogP contribution in [0.4, 0.5) is 32.6 Å². The predicted molar refractivity (Wildman–Crippen MR) is 178 cm³/mol. The van der Waals surface area contributed by atoms with Crippen molar-refractivity contribution < 1.29 is 36.2 Å². The van der Waals surface area contributed by atoms with Gasteiger partial charge < -0.3 is 14.4 Å². The molecule has 4 atom stereocenters. The number of carbonyl (C=O) groups excluding carboxylic acids is 1. The molecule has 7 rings (SSSR count). The second-order valence-electron chi connectivity index (χ2n) is 15.1. The maximum atomic E-state index is 16.9. The molecule has 270 valence electrons. The fraction of sp³-hybridized carbons (Fsp3) is 0.600. The number of amides is 1. The van der Waals surface area contributed by atoms with Gasteiger partial charge in [-0.25, -0.2) is 13.6 Å². The standard InChI is InChI=1S/C35H40ClF5N6O3/c1-18-11-19(2)42-29(26(18)35(39,40)41)25-24(36)12-23-28(27(25)38)43-31(49-17-34-9-6-10-46(34)14-20(37)13-34)44-30(23)45-15-21-7-8-22(16-45)47(21)32(48)50-33(3,4)5/h11-12,20-22H,6-10,13-17H2,1-5H3/t20-,21?,22?,34+/m1/s1. The van der Waals surface area contributed by atoms with Gasteiger partial charge >= 0.3 is 18.3 Å². The van der Waals surface area contributed by atoms with Crippen LogP contribution in [0, 0.1) is 19.7 Å². The van der Waals surface area contributed by atoms with E-state index in [2.05, 4.69) is 14.9 Å². The van der Waals surface area contributed by atoms with Crippen molar-refractivity contribution in [2.75, 3.05) is 37.7 Å². The lowest BCUT2D eigenvalue weighted by Gasteiger charge is -2.42. The molecule has 1 amide bonds. The summed E-state index contributed by atoms with van der Waals surface area (Å²) in [6.45, 7) is 10.0. The average Bonchev–Trinajstić information content (AvgIpc) is 3.61. The molecule has 0 N–H and O–H groups in total. The number of aryl methyl sites for hydroxylation is 2. The Morgan fingerprint density at radius 3 is 2.42 bits per heavy atom. The smallest absolute Gasteiger partial charge is 0.418 e. The summed E-state index contributed by atoms with van der Waals surface area (Å²) in [5, 5.41) is -0.107. The summed E-state index contributed by atoms with van der Waals surface area (Å²) in [4.78, 5) is 32.2. The first-order chi connectivity index (χ1) is 23.4. The second-order valence-corrected chi connectivity index (χ2v) is 15.5. The van der Waals surface area contributed by atoms with Crippen LogP contribution in [0.2, 0.25) is 5.02 Å². The third-order valence-electron chi connectivity index (χ3n) is 10.3. The van der Waals surface area contributed by atoms with E-state index in [4.69, 9.17) is 26.1 Å². The van der Waals surface area contributed by atoms with E-state index < -0.39 is 52.2 Å². The summed E-state index contributed by atoms with van der Waals surface area (Å²) in [6.07, 6.45) is -2.94. The molecule has 4 fully saturated rings. The van der Waals surface area contributed by atoms with Gasteiger partial charge in [0, 0.05) is 37.1 Å². The SMILES string of the molecule is Cc1cc(C)c(C(F)(F)F)c(-c2c(Cl)cc3c(N4CC5CCC(C4)N5C(=O)OC(C)(C)C)nc(OC[C@@]45CCCN4C[C@H](F)C5)nc3c2F)n1. The molecule has 6 heterocycles. The van der Waals surface area contributed by atoms with Gasteiger partial charge in [0.05, 0.1) is 39.5 Å². The number of hydrogen-bond acceptors (Lipinski definition) is 8. The van der Waals surface area contributed by atoms with Crippen molar-refractivity contribution >= 4 is 34.4 Å². The van der Waals surface area contributed by atoms with Crippen LogP contribution >= 0.6 is 11.6 Å². The van der Waals surface area contributed by atoms with Gasteiger partial charge in [0.1, 0.15) is 29.7 Å². The first kappa shape index (κ1) is 34.9. The average molecular weight is 723 g/mol. The van der Waals surface area contributed by atoms with Crippen LogP contribution in [0.3, 0.4) is 0 Å². The maximum Gasteiger partial charge on any atom is 0.418 e. The Morgan fingerprint density at radius 2 is 1.76 bits per heavy atom. The van der Waals surface area contributed by atoms with E-state index in [1.807, 2.05) is 4.90 Å². The molecule has 9 nitrogen and oxygen atoms in total. The summed E-state index contributed by atoms with van der Waals surface area (Å²) in [5.74, 6) is -0.817. The lowest BCUT2D eigenvalue weighted by Crippen LogP contribution is -2.57. The van der Waals surface area contributed by atoms with Crippen molar-refractivity contribution in [3.63, 3.8) is 0 Å². The monoisotopic (exact) mass is 722 g/mol. The number of alkyl halides is 4. The van der Waals surface area contributed by atoms with E-state index >= 15 is 4.39 Å². The molecule has 0 radical (unpaired) electrons. The fourth-order valence-electron chi connectivity index (χ4n) is 8.39. The number of hydrogen-bond donors (Lipinski definition) is 0. The van der Waals surface area contributed by atoms with Crippen molar-refractivity contribution in [2.24, 2.45) is 0 Å². The highest BCUT2D eigenvalue weighted by Gasteiger charge is 2.50. The summed E-state index contributed by atoms with van der Waals surface area (Å²) in [5.41, 5.74) is -3.63. The van der Waals surface area contributed by atoms with E-state index in [0.717, 1.165) is 19.4 Å². The number of halogens is 6. The van der Waals surface area contributed by atoms with Crippen LogP contribution in [-0.4, -0.2) is 93.0 Å². The normalized spacial score (nSPS) is 25.5. The van der Waals surface area contributed by atoms with Gasteiger partial charge in [-0.15, -0.1) is 0 Å². The molecular formula is C35H40ClF5N6O3. The quantitative estimate of drug-likeness (QED) is 0.248. The van der Waals surface area contributed by atoms with Crippen molar-refractivity contribution in [2.45, 2.75) is 102 Å². The molecule has 0 aliphatic carbocycles. The minimum atomic E-state index is -4.84.